The molecule has 0 aromatic heterocycles. The number of carbonyl (C=O) groups excluding carboxylic acids is 2. The third-order valence-electron chi connectivity index (χ3n) is 5.29. The topological polar surface area (TPSA) is 86.3 Å². The maximum atomic E-state index is 12.3. The minimum absolute atomic E-state index is 0.185. The quantitative estimate of drug-likeness (QED) is 0.679. The number of esters is 1. The van der Waals surface area contributed by atoms with Crippen molar-refractivity contribution in [1.82, 2.24) is 5.32 Å². The van der Waals surface area contributed by atoms with Gasteiger partial charge in [0.05, 0.1) is 31.9 Å². The number of ether oxygens (including phenoxy) is 4. The molecule has 2 atom stereocenters. The maximum absolute atomic E-state index is 12.3. The second-order valence-electron chi connectivity index (χ2n) is 7.23. The largest absolute Gasteiger partial charge is 0.497 e. The highest BCUT2D eigenvalue weighted by atomic mass is 16.5. The van der Waals surface area contributed by atoms with E-state index in [-0.39, 0.29) is 18.8 Å². The summed E-state index contributed by atoms with van der Waals surface area (Å²) in [6.45, 7) is 1.41. The zero-order chi connectivity index (χ0) is 22.2. The average molecular weight is 428 g/mol. The molecule has 3 rings (SSSR count). The van der Waals surface area contributed by atoms with Crippen molar-refractivity contribution in [2.45, 2.75) is 25.2 Å². The van der Waals surface area contributed by atoms with Crippen LogP contribution in [0.4, 0.5) is 10.5 Å². The molecule has 31 heavy (non-hydrogen) atoms. The Morgan fingerprint density at radius 2 is 1.87 bits per heavy atom. The molecule has 1 amide bonds. The SMILES string of the molecule is COC(=O)c1cc(OC)cc(N2CC[C@H](NC(=O)OCc3ccccc3)[C@H](OC)C2)c1. The number of hydrogen-bond donors (Lipinski definition) is 1. The van der Waals surface area contributed by atoms with Crippen molar-refractivity contribution in [1.29, 1.82) is 0 Å². The van der Waals surface area contributed by atoms with Gasteiger partial charge >= 0.3 is 12.1 Å². The minimum atomic E-state index is -0.473. The van der Waals surface area contributed by atoms with E-state index in [0.29, 0.717) is 30.8 Å². The van der Waals surface area contributed by atoms with E-state index in [1.165, 1.54) is 7.11 Å². The summed E-state index contributed by atoms with van der Waals surface area (Å²) in [7, 11) is 4.51. The van der Waals surface area contributed by atoms with E-state index in [0.717, 1.165) is 11.3 Å². The smallest absolute Gasteiger partial charge is 0.407 e. The number of piperidine rings is 1. The monoisotopic (exact) mass is 428 g/mol. The number of hydrogen-bond acceptors (Lipinski definition) is 7. The maximum Gasteiger partial charge on any atom is 0.407 e. The van der Waals surface area contributed by atoms with Crippen molar-refractivity contribution in [3.05, 3.63) is 59.7 Å². The molecule has 1 aliphatic heterocycles. The van der Waals surface area contributed by atoms with Gasteiger partial charge in [-0.2, -0.15) is 0 Å². The Morgan fingerprint density at radius 3 is 2.55 bits per heavy atom. The van der Waals surface area contributed by atoms with Crippen molar-refractivity contribution in [3.8, 4) is 5.75 Å². The molecule has 0 bridgehead atoms. The number of alkyl carbamates (subject to hydrolysis) is 1. The van der Waals surface area contributed by atoms with Crippen LogP contribution >= 0.6 is 0 Å². The molecule has 1 heterocycles. The summed E-state index contributed by atoms with van der Waals surface area (Å²) < 4.78 is 21.1. The Balaban J connectivity index is 1.62. The van der Waals surface area contributed by atoms with E-state index in [4.69, 9.17) is 18.9 Å². The molecular formula is C23H28N2O6. The lowest BCUT2D eigenvalue weighted by atomic mass is 10.0. The van der Waals surface area contributed by atoms with Gasteiger partial charge in [0.2, 0.25) is 0 Å². The molecule has 1 aliphatic rings. The number of carbonyl (C=O) groups is 2. The van der Waals surface area contributed by atoms with E-state index >= 15 is 0 Å². The highest BCUT2D eigenvalue weighted by Crippen LogP contribution is 2.28. The molecule has 166 valence electrons. The fourth-order valence-electron chi connectivity index (χ4n) is 3.59. The van der Waals surface area contributed by atoms with Crippen LogP contribution in [0.25, 0.3) is 0 Å². The predicted molar refractivity (Wildman–Crippen MR) is 116 cm³/mol. The molecule has 0 unspecified atom stereocenters. The van der Waals surface area contributed by atoms with E-state index in [9.17, 15) is 9.59 Å². The number of rotatable bonds is 7. The van der Waals surface area contributed by atoms with Crippen LogP contribution in [0.15, 0.2) is 48.5 Å². The Labute approximate surface area is 182 Å². The highest BCUT2D eigenvalue weighted by Gasteiger charge is 2.31. The van der Waals surface area contributed by atoms with Gasteiger partial charge in [-0.1, -0.05) is 30.3 Å². The van der Waals surface area contributed by atoms with Crippen LogP contribution in [0.2, 0.25) is 0 Å². The first-order valence-electron chi connectivity index (χ1n) is 10.1. The lowest BCUT2D eigenvalue weighted by molar-refractivity contribution is 0.0545. The number of anilines is 1. The van der Waals surface area contributed by atoms with Crippen LogP contribution in [-0.4, -0.2) is 58.6 Å². The molecule has 2 aromatic rings. The summed E-state index contributed by atoms with van der Waals surface area (Å²) in [4.78, 5) is 26.3. The Morgan fingerprint density at radius 1 is 1.10 bits per heavy atom. The molecule has 8 nitrogen and oxygen atoms in total. The van der Waals surface area contributed by atoms with Gasteiger partial charge in [0.15, 0.2) is 0 Å². The second-order valence-corrected chi connectivity index (χ2v) is 7.23. The molecule has 1 N–H and O–H groups in total. The summed E-state index contributed by atoms with van der Waals surface area (Å²) in [5.41, 5.74) is 2.16. The number of amides is 1. The Hall–Kier alpha value is -3.26. The van der Waals surface area contributed by atoms with Crippen LogP contribution in [0.1, 0.15) is 22.3 Å². The van der Waals surface area contributed by atoms with E-state index in [1.807, 2.05) is 36.4 Å². The lowest BCUT2D eigenvalue weighted by Gasteiger charge is -2.39. The van der Waals surface area contributed by atoms with Crippen molar-refractivity contribution in [3.63, 3.8) is 0 Å². The third-order valence-corrected chi connectivity index (χ3v) is 5.29. The molecule has 0 spiro atoms. The van der Waals surface area contributed by atoms with Gasteiger partial charge in [-0.05, 0) is 24.1 Å². The van der Waals surface area contributed by atoms with Crippen LogP contribution in [0, 0.1) is 0 Å². The molecule has 0 aliphatic carbocycles. The minimum Gasteiger partial charge on any atom is -0.497 e. The summed E-state index contributed by atoms with van der Waals surface area (Å²) in [6, 6.07) is 14.6. The molecule has 0 saturated carbocycles. The highest BCUT2D eigenvalue weighted by molar-refractivity contribution is 5.91. The average Bonchev–Trinajstić information content (AvgIpc) is 2.82. The van der Waals surface area contributed by atoms with Gasteiger partial charge in [-0.15, -0.1) is 0 Å². The standard InChI is InChI=1S/C23H28N2O6/c1-28-19-12-17(22(26)30-3)11-18(13-19)25-10-9-20(21(14-25)29-2)24-23(27)31-15-16-7-5-4-6-8-16/h4-8,11-13,20-21H,9-10,14-15H2,1-3H3,(H,24,27)/t20-,21+/m0/s1. The van der Waals surface area contributed by atoms with Gasteiger partial charge in [0.25, 0.3) is 0 Å². The predicted octanol–water partition coefficient (Wildman–Crippen LogP) is 3.00. The van der Waals surface area contributed by atoms with Crippen molar-refractivity contribution >= 4 is 17.7 Å². The summed E-state index contributed by atoms with van der Waals surface area (Å²) in [6.07, 6.45) is -0.0616. The van der Waals surface area contributed by atoms with Crippen LogP contribution in [0.5, 0.6) is 5.75 Å². The van der Waals surface area contributed by atoms with Gasteiger partial charge in [0.1, 0.15) is 12.4 Å². The number of methoxy groups -OCH3 is 3. The molecule has 8 heteroatoms. The fourth-order valence-corrected chi connectivity index (χ4v) is 3.59. The zero-order valence-corrected chi connectivity index (χ0v) is 18.0. The van der Waals surface area contributed by atoms with Gasteiger partial charge < -0.3 is 29.2 Å². The van der Waals surface area contributed by atoms with Gasteiger partial charge in [0, 0.05) is 32.0 Å². The molecule has 0 radical (unpaired) electrons. The van der Waals surface area contributed by atoms with Crippen molar-refractivity contribution in [2.24, 2.45) is 0 Å². The first kappa shape index (κ1) is 22.4. The molecule has 1 fully saturated rings. The first-order chi connectivity index (χ1) is 15.0. The van der Waals surface area contributed by atoms with Crippen LogP contribution < -0.4 is 15.0 Å². The van der Waals surface area contributed by atoms with Gasteiger partial charge in [-0.25, -0.2) is 9.59 Å². The first-order valence-corrected chi connectivity index (χ1v) is 10.1. The Bertz CT molecular complexity index is 889. The van der Waals surface area contributed by atoms with Crippen molar-refractivity contribution in [2.75, 3.05) is 39.3 Å². The third kappa shape index (κ3) is 5.88. The number of benzene rings is 2. The zero-order valence-electron chi connectivity index (χ0n) is 18.0. The normalized spacial score (nSPS) is 18.2. The van der Waals surface area contributed by atoms with E-state index < -0.39 is 12.1 Å². The summed E-state index contributed by atoms with van der Waals surface area (Å²) in [5, 5.41) is 2.91. The van der Waals surface area contributed by atoms with E-state index in [1.54, 1.807) is 26.4 Å². The summed E-state index contributed by atoms with van der Waals surface area (Å²) >= 11 is 0. The number of nitrogens with zero attached hydrogens (tertiary/aromatic N) is 1. The van der Waals surface area contributed by atoms with Crippen molar-refractivity contribution < 1.29 is 28.5 Å². The second kappa shape index (κ2) is 10.7. The van der Waals surface area contributed by atoms with Crippen LogP contribution in [0.3, 0.4) is 0 Å². The number of nitrogens with one attached hydrogen (secondary N) is 1. The molecule has 1 saturated heterocycles. The Kier molecular flexibility index (Phi) is 7.72. The summed E-state index contributed by atoms with van der Waals surface area (Å²) in [5.74, 6) is 0.137. The lowest BCUT2D eigenvalue weighted by Crippen LogP contribution is -2.55. The van der Waals surface area contributed by atoms with Crippen LogP contribution in [-0.2, 0) is 20.8 Å². The fraction of sp³-hybridized carbons (Fsp3) is 0.391. The van der Waals surface area contributed by atoms with Gasteiger partial charge in [-0.3, -0.25) is 0 Å². The molecule has 2 aromatic carbocycles. The van der Waals surface area contributed by atoms with E-state index in [2.05, 4.69) is 10.2 Å². The molecular weight excluding hydrogens is 400 g/mol.